The van der Waals surface area contributed by atoms with Gasteiger partial charge in [-0.3, -0.25) is 0 Å². The summed E-state index contributed by atoms with van der Waals surface area (Å²) in [4.78, 5) is 0. The van der Waals surface area contributed by atoms with E-state index in [9.17, 15) is 0 Å². The first-order valence-electron chi connectivity index (χ1n) is 14.2. The summed E-state index contributed by atoms with van der Waals surface area (Å²) in [5.41, 5.74) is 7.43. The predicted octanol–water partition coefficient (Wildman–Crippen LogP) is 11.5. The van der Waals surface area contributed by atoms with Gasteiger partial charge >= 0.3 is 0 Å². The zero-order chi connectivity index (χ0) is 27.4. The molecule has 0 spiro atoms. The van der Waals surface area contributed by atoms with Crippen LogP contribution in [0.15, 0.2) is 133 Å². The van der Waals surface area contributed by atoms with Crippen LogP contribution in [0.25, 0.3) is 84.6 Å². The van der Waals surface area contributed by atoms with Gasteiger partial charge in [0.2, 0.25) is 0 Å². The van der Waals surface area contributed by atoms with Gasteiger partial charge in [-0.25, -0.2) is 0 Å². The molecular formula is C38H22N2S2. The minimum absolute atomic E-state index is 1.21. The lowest BCUT2D eigenvalue weighted by Gasteiger charge is -2.09. The van der Waals surface area contributed by atoms with Crippen LogP contribution in [0.2, 0.25) is 0 Å². The number of rotatable bonds is 2. The highest BCUT2D eigenvalue weighted by molar-refractivity contribution is 7.44. The molecule has 196 valence electrons. The van der Waals surface area contributed by atoms with Crippen LogP contribution in [0.1, 0.15) is 0 Å². The zero-order valence-corrected chi connectivity index (χ0v) is 24.0. The van der Waals surface area contributed by atoms with E-state index in [1.165, 1.54) is 84.6 Å². The Labute approximate surface area is 248 Å². The quantitative estimate of drug-likeness (QED) is 0.196. The number of benzene rings is 6. The highest BCUT2D eigenvalue weighted by atomic mass is 32.2. The van der Waals surface area contributed by atoms with Crippen LogP contribution in [0.5, 0.6) is 0 Å². The van der Waals surface area contributed by atoms with Crippen molar-refractivity contribution in [3.8, 4) is 11.4 Å². The summed E-state index contributed by atoms with van der Waals surface area (Å²) in [7, 11) is 0. The van der Waals surface area contributed by atoms with Crippen molar-refractivity contribution in [3.63, 3.8) is 0 Å². The molecule has 10 aromatic rings. The van der Waals surface area contributed by atoms with Crippen molar-refractivity contribution < 1.29 is 0 Å². The first-order valence-corrected chi connectivity index (χ1v) is 15.8. The summed E-state index contributed by atoms with van der Waals surface area (Å²) in [5, 5.41) is 9.26. The Balaban J connectivity index is 1.17. The molecule has 0 radical (unpaired) electrons. The third-order valence-electron chi connectivity index (χ3n) is 8.76. The Hall–Kier alpha value is -4.90. The summed E-state index contributed by atoms with van der Waals surface area (Å²) in [6, 6.07) is 48.9. The van der Waals surface area contributed by atoms with Crippen molar-refractivity contribution in [3.05, 3.63) is 133 Å². The average molecular weight is 571 g/mol. The van der Waals surface area contributed by atoms with Crippen LogP contribution in [-0.4, -0.2) is 9.13 Å². The Morgan fingerprint density at radius 3 is 1.10 bits per heavy atom. The summed E-state index contributed by atoms with van der Waals surface area (Å²) in [5.74, 6) is 0. The van der Waals surface area contributed by atoms with Gasteiger partial charge in [0, 0.05) is 58.5 Å². The number of thiophene rings is 2. The molecule has 0 aliphatic rings. The first-order chi connectivity index (χ1) is 20.8. The molecule has 0 fully saturated rings. The molecule has 0 saturated heterocycles. The van der Waals surface area contributed by atoms with Crippen molar-refractivity contribution >= 4 is 95.9 Å². The van der Waals surface area contributed by atoms with Gasteiger partial charge in [-0.05, 0) is 48.5 Å². The van der Waals surface area contributed by atoms with E-state index in [1.54, 1.807) is 0 Å². The van der Waals surface area contributed by atoms with Gasteiger partial charge in [-0.1, -0.05) is 84.9 Å². The van der Waals surface area contributed by atoms with Crippen LogP contribution < -0.4 is 0 Å². The minimum Gasteiger partial charge on any atom is -0.309 e. The lowest BCUT2D eigenvalue weighted by molar-refractivity contribution is 1.19. The maximum absolute atomic E-state index is 2.41. The minimum atomic E-state index is 1.21. The van der Waals surface area contributed by atoms with Crippen LogP contribution in [-0.2, 0) is 0 Å². The summed E-state index contributed by atoms with van der Waals surface area (Å²) in [6.45, 7) is 0. The lowest BCUT2D eigenvalue weighted by Crippen LogP contribution is -1.93. The topological polar surface area (TPSA) is 9.86 Å². The van der Waals surface area contributed by atoms with E-state index in [1.807, 2.05) is 22.7 Å². The lowest BCUT2D eigenvalue weighted by atomic mass is 10.1. The van der Waals surface area contributed by atoms with Gasteiger partial charge in [0.1, 0.15) is 0 Å². The standard InChI is InChI=1S/C38H22N2S2/c1-5-13-31-25(9-1)26-10-2-6-14-32(26)39(31)23-17-19-29-35(21-23)41-38-37(29)30-20-18-24(22-36(30)42-38)40-33-15-7-3-11-27(33)28-12-4-8-16-34(28)40/h1-22H. The average Bonchev–Trinajstić information content (AvgIpc) is 3.76. The molecule has 0 bridgehead atoms. The predicted molar refractivity (Wildman–Crippen MR) is 183 cm³/mol. The Bertz CT molecular complexity index is 2410. The number of hydrogen-bond acceptors (Lipinski definition) is 2. The van der Waals surface area contributed by atoms with Gasteiger partial charge < -0.3 is 9.13 Å². The van der Waals surface area contributed by atoms with E-state index in [0.29, 0.717) is 0 Å². The van der Waals surface area contributed by atoms with E-state index in [2.05, 4.69) is 143 Å². The van der Waals surface area contributed by atoms with Crippen LogP contribution >= 0.6 is 22.7 Å². The highest BCUT2D eigenvalue weighted by Gasteiger charge is 2.17. The summed E-state index contributed by atoms with van der Waals surface area (Å²) < 4.78 is 8.88. The van der Waals surface area contributed by atoms with Gasteiger partial charge in [0.25, 0.3) is 0 Å². The van der Waals surface area contributed by atoms with E-state index in [0.717, 1.165) is 0 Å². The SMILES string of the molecule is c1ccc2c(c1)c1ccccc1n2-c1ccc2c(c1)sc1sc3cc(-n4c5ccccc5c5ccccc54)ccc3c12. The van der Waals surface area contributed by atoms with Crippen molar-refractivity contribution in [2.75, 3.05) is 0 Å². The fourth-order valence-corrected chi connectivity index (χ4v) is 9.64. The summed E-state index contributed by atoms with van der Waals surface area (Å²) >= 11 is 3.83. The number of aromatic nitrogens is 2. The molecule has 0 atom stereocenters. The molecule has 10 rings (SSSR count). The Morgan fingerprint density at radius 1 is 0.357 bits per heavy atom. The molecule has 0 aliphatic carbocycles. The van der Waals surface area contributed by atoms with E-state index in [-0.39, 0.29) is 0 Å². The molecule has 4 aromatic heterocycles. The fourth-order valence-electron chi connectivity index (χ4n) is 6.97. The van der Waals surface area contributed by atoms with E-state index < -0.39 is 0 Å². The normalized spacial score (nSPS) is 12.3. The molecule has 0 saturated carbocycles. The molecule has 0 unspecified atom stereocenters. The second-order valence-electron chi connectivity index (χ2n) is 11.0. The highest BCUT2D eigenvalue weighted by Crippen LogP contribution is 2.46. The van der Waals surface area contributed by atoms with Gasteiger partial charge in [-0.15, -0.1) is 22.7 Å². The molecule has 6 aromatic carbocycles. The molecule has 42 heavy (non-hydrogen) atoms. The van der Waals surface area contributed by atoms with Gasteiger partial charge in [0.15, 0.2) is 0 Å². The van der Waals surface area contributed by atoms with Crippen molar-refractivity contribution in [1.82, 2.24) is 9.13 Å². The molecule has 4 heteroatoms. The molecule has 0 amide bonds. The molecule has 0 aliphatic heterocycles. The van der Waals surface area contributed by atoms with E-state index in [4.69, 9.17) is 0 Å². The molecule has 0 N–H and O–H groups in total. The van der Waals surface area contributed by atoms with Gasteiger partial charge in [0.05, 0.1) is 26.1 Å². The second kappa shape index (κ2) is 8.32. The number of nitrogens with zero attached hydrogens (tertiary/aromatic N) is 2. The van der Waals surface area contributed by atoms with Crippen molar-refractivity contribution in [2.45, 2.75) is 0 Å². The molecule has 2 nitrogen and oxygen atoms in total. The number of fused-ring (bicyclic) bond motifs is 11. The van der Waals surface area contributed by atoms with Crippen LogP contribution in [0.4, 0.5) is 0 Å². The largest absolute Gasteiger partial charge is 0.309 e. The summed E-state index contributed by atoms with van der Waals surface area (Å²) in [6.07, 6.45) is 0. The van der Waals surface area contributed by atoms with Crippen molar-refractivity contribution in [2.24, 2.45) is 0 Å². The van der Waals surface area contributed by atoms with Crippen molar-refractivity contribution in [1.29, 1.82) is 0 Å². The first kappa shape index (κ1) is 22.8. The maximum atomic E-state index is 2.41. The van der Waals surface area contributed by atoms with Crippen LogP contribution in [0.3, 0.4) is 0 Å². The van der Waals surface area contributed by atoms with Crippen LogP contribution in [0, 0.1) is 0 Å². The van der Waals surface area contributed by atoms with E-state index >= 15 is 0 Å². The fraction of sp³-hybridized carbons (Fsp3) is 0. The van der Waals surface area contributed by atoms with Gasteiger partial charge in [-0.2, -0.15) is 0 Å². The second-order valence-corrected chi connectivity index (χ2v) is 13.3. The smallest absolute Gasteiger partial charge is 0.0890 e. The third kappa shape index (κ3) is 2.98. The zero-order valence-electron chi connectivity index (χ0n) is 22.4. The maximum Gasteiger partial charge on any atom is 0.0890 e. The number of hydrogen-bond donors (Lipinski definition) is 0. The third-order valence-corrected chi connectivity index (χ3v) is 11.1. The monoisotopic (exact) mass is 570 g/mol. The Morgan fingerprint density at radius 2 is 0.714 bits per heavy atom. The Kier molecular flexibility index (Phi) is 4.51. The molecular weight excluding hydrogens is 549 g/mol. The molecule has 4 heterocycles. The number of para-hydroxylation sites is 4.